The molecule has 0 N–H and O–H groups in total. The van der Waals surface area contributed by atoms with Gasteiger partial charge < -0.3 is 14.2 Å². The summed E-state index contributed by atoms with van der Waals surface area (Å²) < 4.78 is 15.9. The van der Waals surface area contributed by atoms with E-state index in [1.54, 1.807) is 18.2 Å². The van der Waals surface area contributed by atoms with Crippen molar-refractivity contribution in [2.24, 2.45) is 0 Å². The molecule has 0 heterocycles. The van der Waals surface area contributed by atoms with Gasteiger partial charge in [-0.15, -0.1) is 0 Å². The van der Waals surface area contributed by atoms with Crippen molar-refractivity contribution in [3.8, 4) is 17.2 Å². The lowest BCUT2D eigenvalue weighted by Crippen LogP contribution is -2.03. The van der Waals surface area contributed by atoms with E-state index in [1.807, 2.05) is 30.3 Å². The molecule has 104 valence electrons. The summed E-state index contributed by atoms with van der Waals surface area (Å²) in [5, 5.41) is 0. The van der Waals surface area contributed by atoms with Crippen LogP contribution in [-0.2, 0) is 11.4 Å². The summed E-state index contributed by atoms with van der Waals surface area (Å²) in [7, 11) is 1.52. The number of benzene rings is 2. The van der Waals surface area contributed by atoms with Gasteiger partial charge in [-0.3, -0.25) is 4.79 Å². The molecule has 2 rings (SSSR count). The molecule has 0 bridgehead atoms. The van der Waals surface area contributed by atoms with Crippen LogP contribution >= 0.6 is 0 Å². The standard InChI is InChI=1S/C16H16O4/c1-12(17)20-15-9-8-14(10-16(15)18-2)19-11-13-6-4-3-5-7-13/h3-10H,11H2,1-2H3. The molecule has 4 nitrogen and oxygen atoms in total. The predicted molar refractivity (Wildman–Crippen MR) is 75.1 cm³/mol. The van der Waals surface area contributed by atoms with Crippen LogP contribution in [0.4, 0.5) is 0 Å². The zero-order valence-corrected chi connectivity index (χ0v) is 11.5. The fraction of sp³-hybridized carbons (Fsp3) is 0.188. The van der Waals surface area contributed by atoms with E-state index >= 15 is 0 Å². The van der Waals surface area contributed by atoms with Crippen molar-refractivity contribution in [2.45, 2.75) is 13.5 Å². The van der Waals surface area contributed by atoms with Gasteiger partial charge in [-0.1, -0.05) is 30.3 Å². The molecule has 0 aliphatic heterocycles. The van der Waals surface area contributed by atoms with Gasteiger partial charge in [0.1, 0.15) is 12.4 Å². The zero-order chi connectivity index (χ0) is 14.4. The minimum Gasteiger partial charge on any atom is -0.493 e. The monoisotopic (exact) mass is 272 g/mol. The zero-order valence-electron chi connectivity index (χ0n) is 11.5. The molecule has 20 heavy (non-hydrogen) atoms. The molecule has 0 aliphatic carbocycles. The minimum atomic E-state index is -0.388. The second-order valence-corrected chi connectivity index (χ2v) is 4.18. The van der Waals surface area contributed by atoms with Gasteiger partial charge in [0.25, 0.3) is 0 Å². The number of hydrogen-bond acceptors (Lipinski definition) is 4. The highest BCUT2D eigenvalue weighted by Gasteiger charge is 2.08. The van der Waals surface area contributed by atoms with Crippen LogP contribution in [0.3, 0.4) is 0 Å². The van der Waals surface area contributed by atoms with E-state index in [0.29, 0.717) is 23.9 Å². The number of hydrogen-bond donors (Lipinski definition) is 0. The molecular formula is C16H16O4. The average Bonchev–Trinajstić information content (AvgIpc) is 2.46. The highest BCUT2D eigenvalue weighted by atomic mass is 16.6. The van der Waals surface area contributed by atoms with Gasteiger partial charge in [-0.25, -0.2) is 0 Å². The number of methoxy groups -OCH3 is 1. The van der Waals surface area contributed by atoms with Crippen molar-refractivity contribution in [1.29, 1.82) is 0 Å². The van der Waals surface area contributed by atoms with E-state index in [0.717, 1.165) is 5.56 Å². The Kier molecular flexibility index (Phi) is 4.60. The van der Waals surface area contributed by atoms with E-state index in [-0.39, 0.29) is 5.97 Å². The van der Waals surface area contributed by atoms with Crippen LogP contribution in [0.15, 0.2) is 48.5 Å². The van der Waals surface area contributed by atoms with Crippen LogP contribution in [0.1, 0.15) is 12.5 Å². The van der Waals surface area contributed by atoms with Crippen molar-refractivity contribution in [3.05, 3.63) is 54.1 Å². The summed E-state index contributed by atoms with van der Waals surface area (Å²) in [6.07, 6.45) is 0. The summed E-state index contributed by atoms with van der Waals surface area (Å²) in [4.78, 5) is 11.0. The Morgan fingerprint density at radius 1 is 1.05 bits per heavy atom. The smallest absolute Gasteiger partial charge is 0.308 e. The highest BCUT2D eigenvalue weighted by molar-refractivity contribution is 5.70. The van der Waals surface area contributed by atoms with Crippen molar-refractivity contribution in [3.63, 3.8) is 0 Å². The molecule has 0 fully saturated rings. The third kappa shape index (κ3) is 3.75. The van der Waals surface area contributed by atoms with Crippen LogP contribution in [-0.4, -0.2) is 13.1 Å². The number of ether oxygens (including phenoxy) is 3. The Morgan fingerprint density at radius 3 is 2.45 bits per heavy atom. The fourth-order valence-electron chi connectivity index (χ4n) is 1.72. The minimum absolute atomic E-state index is 0.382. The molecule has 0 unspecified atom stereocenters. The van der Waals surface area contributed by atoms with Crippen molar-refractivity contribution in [1.82, 2.24) is 0 Å². The second-order valence-electron chi connectivity index (χ2n) is 4.18. The van der Waals surface area contributed by atoms with E-state index in [9.17, 15) is 4.79 Å². The summed E-state index contributed by atoms with van der Waals surface area (Å²) in [6.45, 7) is 1.82. The maximum atomic E-state index is 11.0. The molecule has 2 aromatic carbocycles. The van der Waals surface area contributed by atoms with Crippen LogP contribution in [0, 0.1) is 0 Å². The van der Waals surface area contributed by atoms with Gasteiger partial charge in [-0.2, -0.15) is 0 Å². The van der Waals surface area contributed by atoms with Crippen molar-refractivity contribution < 1.29 is 19.0 Å². The Balaban J connectivity index is 2.07. The maximum absolute atomic E-state index is 11.0. The van der Waals surface area contributed by atoms with E-state index in [2.05, 4.69) is 0 Å². The Labute approximate surface area is 117 Å². The van der Waals surface area contributed by atoms with Crippen molar-refractivity contribution in [2.75, 3.05) is 7.11 Å². The van der Waals surface area contributed by atoms with Gasteiger partial charge in [0, 0.05) is 13.0 Å². The number of carbonyl (C=O) groups is 1. The molecule has 0 spiro atoms. The van der Waals surface area contributed by atoms with Gasteiger partial charge in [-0.05, 0) is 17.7 Å². The lowest BCUT2D eigenvalue weighted by molar-refractivity contribution is -0.132. The molecule has 0 aliphatic rings. The Morgan fingerprint density at radius 2 is 1.80 bits per heavy atom. The highest BCUT2D eigenvalue weighted by Crippen LogP contribution is 2.31. The summed E-state index contributed by atoms with van der Waals surface area (Å²) >= 11 is 0. The fourth-order valence-corrected chi connectivity index (χ4v) is 1.72. The van der Waals surface area contributed by atoms with Gasteiger partial charge in [0.2, 0.25) is 0 Å². The molecule has 0 atom stereocenters. The Bertz CT molecular complexity index is 578. The molecule has 0 saturated carbocycles. The third-order valence-corrected chi connectivity index (χ3v) is 2.64. The second kappa shape index (κ2) is 6.61. The molecule has 4 heteroatoms. The number of carbonyl (C=O) groups excluding carboxylic acids is 1. The SMILES string of the molecule is COc1cc(OCc2ccccc2)ccc1OC(C)=O. The Hall–Kier alpha value is -2.49. The summed E-state index contributed by atoms with van der Waals surface area (Å²) in [5.41, 5.74) is 1.08. The lowest BCUT2D eigenvalue weighted by Gasteiger charge is -2.11. The molecule has 0 aromatic heterocycles. The van der Waals surface area contributed by atoms with E-state index in [1.165, 1.54) is 14.0 Å². The van der Waals surface area contributed by atoms with Crippen LogP contribution in [0.2, 0.25) is 0 Å². The van der Waals surface area contributed by atoms with Gasteiger partial charge in [0.15, 0.2) is 11.5 Å². The average molecular weight is 272 g/mol. The van der Waals surface area contributed by atoms with Crippen molar-refractivity contribution >= 4 is 5.97 Å². The van der Waals surface area contributed by atoms with Gasteiger partial charge >= 0.3 is 5.97 Å². The molecule has 0 amide bonds. The topological polar surface area (TPSA) is 44.8 Å². The molecule has 0 radical (unpaired) electrons. The largest absolute Gasteiger partial charge is 0.493 e. The molecule has 2 aromatic rings. The van der Waals surface area contributed by atoms with Crippen LogP contribution in [0.25, 0.3) is 0 Å². The third-order valence-electron chi connectivity index (χ3n) is 2.64. The first-order valence-corrected chi connectivity index (χ1v) is 6.22. The van der Waals surface area contributed by atoms with Crippen LogP contribution < -0.4 is 14.2 Å². The first-order valence-electron chi connectivity index (χ1n) is 6.22. The molecule has 0 saturated heterocycles. The van der Waals surface area contributed by atoms with E-state index < -0.39 is 0 Å². The predicted octanol–water partition coefficient (Wildman–Crippen LogP) is 3.20. The first kappa shape index (κ1) is 13.9. The maximum Gasteiger partial charge on any atom is 0.308 e. The summed E-state index contributed by atoms with van der Waals surface area (Å²) in [6, 6.07) is 15.0. The number of esters is 1. The molecular weight excluding hydrogens is 256 g/mol. The number of rotatable bonds is 5. The quantitative estimate of drug-likeness (QED) is 0.619. The first-order chi connectivity index (χ1) is 9.69. The van der Waals surface area contributed by atoms with Gasteiger partial charge in [0.05, 0.1) is 7.11 Å². The lowest BCUT2D eigenvalue weighted by atomic mass is 10.2. The van der Waals surface area contributed by atoms with E-state index in [4.69, 9.17) is 14.2 Å². The summed E-state index contributed by atoms with van der Waals surface area (Å²) in [5.74, 6) is 1.11. The normalized spacial score (nSPS) is 9.90. The van der Waals surface area contributed by atoms with Crippen LogP contribution in [0.5, 0.6) is 17.2 Å².